The molecule has 0 bridgehead atoms. The van der Waals surface area contributed by atoms with Crippen LogP contribution in [-0.4, -0.2) is 17.0 Å². The predicted molar refractivity (Wildman–Crippen MR) is 73.1 cm³/mol. The van der Waals surface area contributed by atoms with E-state index in [9.17, 15) is 9.59 Å². The summed E-state index contributed by atoms with van der Waals surface area (Å²) in [6.07, 6.45) is 4.14. The number of hydrogen-bond acceptors (Lipinski definition) is 2. The van der Waals surface area contributed by atoms with Gasteiger partial charge in [-0.25, -0.2) is 0 Å². The molecule has 19 heavy (non-hydrogen) atoms. The second-order valence-corrected chi connectivity index (χ2v) is 5.23. The van der Waals surface area contributed by atoms with Crippen LogP contribution in [0.1, 0.15) is 44.1 Å². The van der Waals surface area contributed by atoms with Gasteiger partial charge in [-0.2, -0.15) is 0 Å². The van der Waals surface area contributed by atoms with Gasteiger partial charge < -0.3 is 10.4 Å². The maximum absolute atomic E-state index is 11.7. The van der Waals surface area contributed by atoms with Crippen LogP contribution in [0.2, 0.25) is 0 Å². The Hall–Kier alpha value is -1.84. The Bertz CT molecular complexity index is 463. The summed E-state index contributed by atoms with van der Waals surface area (Å²) >= 11 is 0. The van der Waals surface area contributed by atoms with E-state index in [-0.39, 0.29) is 5.91 Å². The Kier molecular flexibility index (Phi) is 4.20. The molecule has 4 heteroatoms. The molecule has 1 unspecified atom stereocenters. The quantitative estimate of drug-likeness (QED) is 0.856. The minimum absolute atomic E-state index is 0.0451. The molecule has 1 amide bonds. The first-order valence-corrected chi connectivity index (χ1v) is 6.69. The topological polar surface area (TPSA) is 66.4 Å². The van der Waals surface area contributed by atoms with Crippen molar-refractivity contribution in [3.63, 3.8) is 0 Å². The van der Waals surface area contributed by atoms with E-state index in [1.54, 1.807) is 31.2 Å². The first-order valence-electron chi connectivity index (χ1n) is 6.69. The van der Waals surface area contributed by atoms with Crippen molar-refractivity contribution in [1.82, 2.24) is 0 Å². The molecule has 1 fully saturated rings. The third-order valence-corrected chi connectivity index (χ3v) is 3.76. The van der Waals surface area contributed by atoms with Crippen molar-refractivity contribution >= 4 is 17.6 Å². The van der Waals surface area contributed by atoms with Gasteiger partial charge in [0, 0.05) is 12.1 Å². The van der Waals surface area contributed by atoms with Crippen molar-refractivity contribution in [3.05, 3.63) is 29.8 Å². The van der Waals surface area contributed by atoms with E-state index in [0.29, 0.717) is 12.3 Å². The largest absolute Gasteiger partial charge is 0.481 e. The van der Waals surface area contributed by atoms with E-state index in [4.69, 9.17) is 5.11 Å². The molecule has 0 radical (unpaired) electrons. The molecule has 102 valence electrons. The molecule has 0 saturated heterocycles. The minimum atomic E-state index is -0.846. The van der Waals surface area contributed by atoms with Gasteiger partial charge in [0.05, 0.1) is 5.92 Å². The van der Waals surface area contributed by atoms with Crippen molar-refractivity contribution in [2.24, 2.45) is 5.92 Å². The second-order valence-electron chi connectivity index (χ2n) is 5.23. The van der Waals surface area contributed by atoms with Gasteiger partial charge in [-0.1, -0.05) is 18.6 Å². The van der Waals surface area contributed by atoms with Gasteiger partial charge >= 0.3 is 5.97 Å². The number of carboxylic acid groups (broad SMARTS) is 1. The molecule has 1 saturated carbocycles. The standard InChI is InChI=1S/C15H19NO3/c1-10(15(18)19)12-5-7-13(8-6-12)16-14(17)9-11-3-2-4-11/h5-8,10-11H,2-4,9H2,1H3,(H,16,17)(H,18,19). The highest BCUT2D eigenvalue weighted by Gasteiger charge is 2.20. The summed E-state index contributed by atoms with van der Waals surface area (Å²) in [5.74, 6) is -0.781. The van der Waals surface area contributed by atoms with E-state index in [1.807, 2.05) is 0 Å². The van der Waals surface area contributed by atoms with Crippen LogP contribution in [0.5, 0.6) is 0 Å². The Morgan fingerprint density at radius 3 is 2.42 bits per heavy atom. The molecular formula is C15H19NO3. The highest BCUT2D eigenvalue weighted by molar-refractivity contribution is 5.91. The Morgan fingerprint density at radius 2 is 1.95 bits per heavy atom. The summed E-state index contributed by atoms with van der Waals surface area (Å²) in [6, 6.07) is 7.01. The van der Waals surface area contributed by atoms with E-state index >= 15 is 0 Å². The van der Waals surface area contributed by atoms with Crippen LogP contribution in [0.25, 0.3) is 0 Å². The Balaban J connectivity index is 1.90. The number of aliphatic carboxylic acids is 1. The molecule has 1 aliphatic rings. The summed E-state index contributed by atoms with van der Waals surface area (Å²) < 4.78 is 0. The maximum Gasteiger partial charge on any atom is 0.310 e. The number of amides is 1. The summed E-state index contributed by atoms with van der Waals surface area (Å²) in [5, 5.41) is 11.8. The summed E-state index contributed by atoms with van der Waals surface area (Å²) in [7, 11) is 0. The fourth-order valence-electron chi connectivity index (χ4n) is 2.17. The monoisotopic (exact) mass is 261 g/mol. The fraction of sp³-hybridized carbons (Fsp3) is 0.467. The number of nitrogens with one attached hydrogen (secondary N) is 1. The number of carboxylic acids is 1. The summed E-state index contributed by atoms with van der Waals surface area (Å²) in [6.45, 7) is 1.65. The fourth-order valence-corrected chi connectivity index (χ4v) is 2.17. The Morgan fingerprint density at radius 1 is 1.32 bits per heavy atom. The van der Waals surface area contributed by atoms with Crippen LogP contribution in [0.4, 0.5) is 5.69 Å². The average molecular weight is 261 g/mol. The second kappa shape index (κ2) is 5.87. The molecule has 0 heterocycles. The SMILES string of the molecule is CC(C(=O)O)c1ccc(NC(=O)CC2CCC2)cc1. The van der Waals surface area contributed by atoms with Gasteiger partial charge in [-0.15, -0.1) is 0 Å². The van der Waals surface area contributed by atoms with Gasteiger partial charge in [0.15, 0.2) is 0 Å². The number of carbonyl (C=O) groups excluding carboxylic acids is 1. The van der Waals surface area contributed by atoms with Crippen molar-refractivity contribution in [2.75, 3.05) is 5.32 Å². The predicted octanol–water partition coefficient (Wildman–Crippen LogP) is 3.00. The summed E-state index contributed by atoms with van der Waals surface area (Å²) in [4.78, 5) is 22.6. The van der Waals surface area contributed by atoms with Crippen molar-refractivity contribution < 1.29 is 14.7 Å². The highest BCUT2D eigenvalue weighted by atomic mass is 16.4. The first kappa shape index (κ1) is 13.6. The van der Waals surface area contributed by atoms with Gasteiger partial charge in [-0.3, -0.25) is 9.59 Å². The Labute approximate surface area is 112 Å². The molecule has 0 aromatic heterocycles. The van der Waals surface area contributed by atoms with Gasteiger partial charge in [0.25, 0.3) is 0 Å². The highest BCUT2D eigenvalue weighted by Crippen LogP contribution is 2.29. The lowest BCUT2D eigenvalue weighted by molar-refractivity contribution is -0.138. The number of rotatable bonds is 5. The zero-order chi connectivity index (χ0) is 13.8. The lowest BCUT2D eigenvalue weighted by Crippen LogP contribution is -2.20. The van der Waals surface area contributed by atoms with E-state index < -0.39 is 11.9 Å². The number of carbonyl (C=O) groups is 2. The van der Waals surface area contributed by atoms with Crippen LogP contribution >= 0.6 is 0 Å². The molecule has 4 nitrogen and oxygen atoms in total. The molecule has 2 rings (SSSR count). The number of hydrogen-bond donors (Lipinski definition) is 2. The van der Waals surface area contributed by atoms with E-state index in [2.05, 4.69) is 5.32 Å². The molecule has 1 aliphatic carbocycles. The molecule has 2 N–H and O–H groups in total. The lowest BCUT2D eigenvalue weighted by Gasteiger charge is -2.24. The van der Waals surface area contributed by atoms with Crippen molar-refractivity contribution in [2.45, 2.75) is 38.5 Å². The van der Waals surface area contributed by atoms with Crippen molar-refractivity contribution in [1.29, 1.82) is 0 Å². The zero-order valence-electron chi connectivity index (χ0n) is 11.1. The van der Waals surface area contributed by atoms with E-state index in [0.717, 1.165) is 24.1 Å². The average Bonchev–Trinajstić information content (AvgIpc) is 2.34. The number of anilines is 1. The maximum atomic E-state index is 11.7. The lowest BCUT2D eigenvalue weighted by atomic mass is 9.83. The first-order chi connectivity index (χ1) is 9.06. The van der Waals surface area contributed by atoms with Gasteiger partial charge in [-0.05, 0) is 43.4 Å². The molecular weight excluding hydrogens is 242 g/mol. The van der Waals surface area contributed by atoms with Gasteiger partial charge in [0.1, 0.15) is 0 Å². The third-order valence-electron chi connectivity index (χ3n) is 3.76. The van der Waals surface area contributed by atoms with Gasteiger partial charge in [0.2, 0.25) is 5.91 Å². The van der Waals surface area contributed by atoms with E-state index in [1.165, 1.54) is 6.42 Å². The van der Waals surface area contributed by atoms with Crippen LogP contribution < -0.4 is 5.32 Å². The molecule has 0 spiro atoms. The van der Waals surface area contributed by atoms with Crippen molar-refractivity contribution in [3.8, 4) is 0 Å². The molecule has 1 aromatic rings. The smallest absolute Gasteiger partial charge is 0.310 e. The van der Waals surface area contributed by atoms with Crippen LogP contribution in [-0.2, 0) is 9.59 Å². The molecule has 1 atom stereocenters. The van der Waals surface area contributed by atoms with Crippen LogP contribution in [0.15, 0.2) is 24.3 Å². The normalized spacial score (nSPS) is 16.5. The molecule has 1 aromatic carbocycles. The third kappa shape index (κ3) is 3.56. The van der Waals surface area contributed by atoms with Crippen LogP contribution in [0, 0.1) is 5.92 Å². The summed E-state index contributed by atoms with van der Waals surface area (Å²) in [5.41, 5.74) is 1.47. The molecule has 0 aliphatic heterocycles. The van der Waals surface area contributed by atoms with Crippen LogP contribution in [0.3, 0.4) is 0 Å². The zero-order valence-corrected chi connectivity index (χ0v) is 11.1. The minimum Gasteiger partial charge on any atom is -0.481 e. The number of benzene rings is 1.